The minimum Gasteiger partial charge on any atom is -0.394 e. The molecule has 114 valence electrons. The van der Waals surface area contributed by atoms with Gasteiger partial charge < -0.3 is 29.9 Å². The summed E-state index contributed by atoms with van der Waals surface area (Å²) < 4.78 is 10.4. The van der Waals surface area contributed by atoms with Gasteiger partial charge in [0.2, 0.25) is 0 Å². The molecule has 19 heavy (non-hydrogen) atoms. The van der Waals surface area contributed by atoms with E-state index in [0.717, 1.165) is 19.3 Å². The number of aliphatic hydroxyl groups excluding tert-OH is 4. The van der Waals surface area contributed by atoms with Crippen molar-refractivity contribution in [3.63, 3.8) is 0 Å². The van der Waals surface area contributed by atoms with Crippen LogP contribution in [0.1, 0.15) is 39.0 Å². The SMILES string of the molecule is CCCCCCCO[C@@H]1[C@@H](O)[C@H](O)[C@@H](CO)O[C@@H]1O. The first-order chi connectivity index (χ1) is 9.11. The molecule has 1 aliphatic heterocycles. The summed E-state index contributed by atoms with van der Waals surface area (Å²) in [5.74, 6) is 0. The molecule has 0 unspecified atom stereocenters. The van der Waals surface area contributed by atoms with Gasteiger partial charge in [-0.15, -0.1) is 0 Å². The van der Waals surface area contributed by atoms with Crippen molar-refractivity contribution < 1.29 is 29.9 Å². The van der Waals surface area contributed by atoms with Crippen LogP contribution in [0.4, 0.5) is 0 Å². The zero-order valence-electron chi connectivity index (χ0n) is 11.4. The maximum Gasteiger partial charge on any atom is 0.184 e. The summed E-state index contributed by atoms with van der Waals surface area (Å²) >= 11 is 0. The third kappa shape index (κ3) is 4.98. The largest absolute Gasteiger partial charge is 0.394 e. The molecule has 0 aromatic heterocycles. The van der Waals surface area contributed by atoms with Gasteiger partial charge in [-0.2, -0.15) is 0 Å². The van der Waals surface area contributed by atoms with Crippen LogP contribution in [-0.2, 0) is 9.47 Å². The number of ether oxygens (including phenoxy) is 2. The number of unbranched alkanes of at least 4 members (excludes halogenated alkanes) is 4. The smallest absolute Gasteiger partial charge is 0.184 e. The number of rotatable bonds is 8. The van der Waals surface area contributed by atoms with E-state index >= 15 is 0 Å². The van der Waals surface area contributed by atoms with E-state index in [9.17, 15) is 15.3 Å². The molecular formula is C13H26O6. The normalized spacial score (nSPS) is 35.5. The molecule has 1 saturated heterocycles. The predicted octanol–water partition coefficient (Wildman–Crippen LogP) is -0.227. The molecule has 0 aromatic carbocycles. The quantitative estimate of drug-likeness (QED) is 0.458. The zero-order chi connectivity index (χ0) is 14.3. The van der Waals surface area contributed by atoms with E-state index in [4.69, 9.17) is 14.6 Å². The zero-order valence-corrected chi connectivity index (χ0v) is 11.4. The Balaban J connectivity index is 2.28. The Morgan fingerprint density at radius 3 is 2.32 bits per heavy atom. The van der Waals surface area contributed by atoms with Crippen molar-refractivity contribution in [3.8, 4) is 0 Å². The molecule has 0 radical (unpaired) electrons. The molecule has 1 rings (SSSR count). The van der Waals surface area contributed by atoms with Crippen LogP contribution >= 0.6 is 0 Å². The van der Waals surface area contributed by atoms with Crippen molar-refractivity contribution in [3.05, 3.63) is 0 Å². The van der Waals surface area contributed by atoms with Gasteiger partial charge in [0.1, 0.15) is 24.4 Å². The van der Waals surface area contributed by atoms with Crippen molar-refractivity contribution in [2.45, 2.75) is 69.7 Å². The highest BCUT2D eigenvalue weighted by atomic mass is 16.7. The summed E-state index contributed by atoms with van der Waals surface area (Å²) in [6.07, 6.45) is -0.399. The first-order valence-corrected chi connectivity index (χ1v) is 7.04. The van der Waals surface area contributed by atoms with Crippen LogP contribution in [0.25, 0.3) is 0 Å². The molecule has 0 bridgehead atoms. The Hall–Kier alpha value is -0.240. The van der Waals surface area contributed by atoms with Gasteiger partial charge in [0.15, 0.2) is 6.29 Å². The average molecular weight is 278 g/mol. The lowest BCUT2D eigenvalue weighted by atomic mass is 9.99. The Bertz CT molecular complexity index is 237. The van der Waals surface area contributed by atoms with Crippen molar-refractivity contribution in [1.29, 1.82) is 0 Å². The summed E-state index contributed by atoms with van der Waals surface area (Å²) in [5, 5.41) is 38.1. The Morgan fingerprint density at radius 2 is 1.68 bits per heavy atom. The molecule has 1 aliphatic rings. The minimum absolute atomic E-state index is 0.405. The van der Waals surface area contributed by atoms with Crippen LogP contribution in [0.15, 0.2) is 0 Å². The maximum atomic E-state index is 9.82. The van der Waals surface area contributed by atoms with E-state index in [1.165, 1.54) is 12.8 Å². The van der Waals surface area contributed by atoms with Crippen LogP contribution in [0.2, 0.25) is 0 Å². The fourth-order valence-electron chi connectivity index (χ4n) is 2.18. The number of aliphatic hydroxyl groups is 4. The number of hydrogen-bond acceptors (Lipinski definition) is 6. The van der Waals surface area contributed by atoms with Crippen molar-refractivity contribution in [1.82, 2.24) is 0 Å². The molecular weight excluding hydrogens is 252 g/mol. The molecule has 4 N–H and O–H groups in total. The van der Waals surface area contributed by atoms with Crippen LogP contribution < -0.4 is 0 Å². The van der Waals surface area contributed by atoms with E-state index in [-0.39, 0.29) is 0 Å². The maximum absolute atomic E-state index is 9.82. The van der Waals surface area contributed by atoms with Crippen LogP contribution in [-0.4, -0.2) is 64.3 Å². The lowest BCUT2D eigenvalue weighted by Gasteiger charge is -2.39. The van der Waals surface area contributed by atoms with E-state index in [2.05, 4.69) is 6.92 Å². The van der Waals surface area contributed by atoms with E-state index in [1.807, 2.05) is 0 Å². The molecule has 0 aliphatic carbocycles. The first kappa shape index (κ1) is 16.8. The summed E-state index contributed by atoms with van der Waals surface area (Å²) in [6, 6.07) is 0. The molecule has 0 aromatic rings. The van der Waals surface area contributed by atoms with Gasteiger partial charge in [0, 0.05) is 6.61 Å². The van der Waals surface area contributed by atoms with Gasteiger partial charge in [-0.05, 0) is 6.42 Å². The molecule has 0 spiro atoms. The molecule has 6 heteroatoms. The summed E-state index contributed by atoms with van der Waals surface area (Å²) in [7, 11) is 0. The van der Waals surface area contributed by atoms with Gasteiger partial charge in [-0.25, -0.2) is 0 Å². The highest BCUT2D eigenvalue weighted by molar-refractivity contribution is 4.89. The van der Waals surface area contributed by atoms with Crippen LogP contribution in [0.5, 0.6) is 0 Å². The molecule has 1 fully saturated rings. The van der Waals surface area contributed by atoms with Gasteiger partial charge in [-0.3, -0.25) is 0 Å². The predicted molar refractivity (Wildman–Crippen MR) is 68.5 cm³/mol. The Morgan fingerprint density at radius 1 is 1.00 bits per heavy atom. The van der Waals surface area contributed by atoms with Crippen molar-refractivity contribution >= 4 is 0 Å². The summed E-state index contributed by atoms with van der Waals surface area (Å²) in [4.78, 5) is 0. The molecule has 1 heterocycles. The Labute approximate surface area is 114 Å². The third-order valence-corrected chi connectivity index (χ3v) is 3.40. The average Bonchev–Trinajstić information content (AvgIpc) is 2.41. The highest BCUT2D eigenvalue weighted by Crippen LogP contribution is 2.22. The van der Waals surface area contributed by atoms with Gasteiger partial charge in [0.25, 0.3) is 0 Å². The van der Waals surface area contributed by atoms with Crippen LogP contribution in [0, 0.1) is 0 Å². The standard InChI is InChI=1S/C13H26O6/c1-2-3-4-5-6-7-18-12-11(16)10(15)9(8-14)19-13(12)17/h9-17H,2-8H2,1H3/t9-,10-,11+,12-,13+/m1/s1. The monoisotopic (exact) mass is 278 g/mol. The summed E-state index contributed by atoms with van der Waals surface area (Å²) in [5.41, 5.74) is 0. The lowest BCUT2D eigenvalue weighted by molar-refractivity contribution is -0.296. The fraction of sp³-hybridized carbons (Fsp3) is 1.00. The first-order valence-electron chi connectivity index (χ1n) is 7.04. The molecule has 5 atom stereocenters. The fourth-order valence-corrected chi connectivity index (χ4v) is 2.18. The van der Waals surface area contributed by atoms with Gasteiger partial charge in [0.05, 0.1) is 6.61 Å². The molecule has 0 saturated carbocycles. The lowest BCUT2D eigenvalue weighted by Crippen LogP contribution is -2.59. The van der Waals surface area contributed by atoms with Crippen molar-refractivity contribution in [2.75, 3.05) is 13.2 Å². The third-order valence-electron chi connectivity index (χ3n) is 3.40. The summed E-state index contributed by atoms with van der Waals surface area (Å²) in [6.45, 7) is 2.09. The molecule has 0 amide bonds. The van der Waals surface area contributed by atoms with Crippen molar-refractivity contribution in [2.24, 2.45) is 0 Å². The topological polar surface area (TPSA) is 99.4 Å². The highest BCUT2D eigenvalue weighted by Gasteiger charge is 2.44. The van der Waals surface area contributed by atoms with E-state index < -0.39 is 37.3 Å². The van der Waals surface area contributed by atoms with Crippen LogP contribution in [0.3, 0.4) is 0 Å². The second-order valence-corrected chi connectivity index (χ2v) is 4.98. The second kappa shape index (κ2) is 8.84. The van der Waals surface area contributed by atoms with Gasteiger partial charge >= 0.3 is 0 Å². The minimum atomic E-state index is -1.33. The molecule has 6 nitrogen and oxygen atoms in total. The van der Waals surface area contributed by atoms with E-state index in [1.54, 1.807) is 0 Å². The Kier molecular flexibility index (Phi) is 7.82. The second-order valence-electron chi connectivity index (χ2n) is 4.98. The number of hydrogen-bond donors (Lipinski definition) is 4. The van der Waals surface area contributed by atoms with Gasteiger partial charge in [-0.1, -0.05) is 32.6 Å². The van der Waals surface area contributed by atoms with E-state index in [0.29, 0.717) is 6.61 Å².